The summed E-state index contributed by atoms with van der Waals surface area (Å²) in [6.07, 6.45) is 13.1. The van der Waals surface area contributed by atoms with E-state index < -0.39 is 17.7 Å². The maximum atomic E-state index is 12.7. The number of morpholine rings is 1. The number of thiophene rings is 1. The van der Waals surface area contributed by atoms with Gasteiger partial charge in [-0.2, -0.15) is 5.10 Å². The fourth-order valence-corrected chi connectivity index (χ4v) is 10.4. The maximum absolute atomic E-state index is 12.7. The van der Waals surface area contributed by atoms with Crippen LogP contribution in [0.25, 0.3) is 55.2 Å². The van der Waals surface area contributed by atoms with Gasteiger partial charge in [-0.1, -0.05) is 72.8 Å². The Kier molecular flexibility index (Phi) is 22.3. The van der Waals surface area contributed by atoms with Crippen LogP contribution in [0.2, 0.25) is 0 Å². The lowest BCUT2D eigenvalue weighted by Gasteiger charge is -2.27. The second-order valence-electron chi connectivity index (χ2n) is 21.5. The van der Waals surface area contributed by atoms with E-state index in [-0.39, 0.29) is 53.3 Å². The number of nitrogen functional groups attached to an aromatic ring is 3. The number of rotatable bonds is 15. The first-order valence-electron chi connectivity index (χ1n) is 30.8. The lowest BCUT2D eigenvalue weighted by atomic mass is 10.1. The van der Waals surface area contributed by atoms with Crippen molar-refractivity contribution >= 4 is 91.9 Å². The zero-order valence-electron chi connectivity index (χ0n) is 54.0. The molecule has 0 radical (unpaired) electrons. The summed E-state index contributed by atoms with van der Waals surface area (Å²) in [6, 6.07) is 49.6. The van der Waals surface area contributed by atoms with Gasteiger partial charge < -0.3 is 57.6 Å². The molecular formula is C72H82N20O7S. The lowest BCUT2D eigenvalue weighted by Crippen LogP contribution is -2.36. The van der Waals surface area contributed by atoms with Gasteiger partial charge in [0.25, 0.3) is 23.6 Å². The lowest BCUT2D eigenvalue weighted by molar-refractivity contribution is 0.101. The molecule has 5 aromatic carbocycles. The highest BCUT2D eigenvalue weighted by atomic mass is 32.1. The molecule has 0 saturated carbocycles. The summed E-state index contributed by atoms with van der Waals surface area (Å²) in [7, 11) is 3.07. The summed E-state index contributed by atoms with van der Waals surface area (Å²) < 4.78 is 15.8. The summed E-state index contributed by atoms with van der Waals surface area (Å²) in [5.41, 5.74) is 26.7. The summed E-state index contributed by atoms with van der Waals surface area (Å²) >= 11 is 1.52. The zero-order chi connectivity index (χ0) is 69.7. The van der Waals surface area contributed by atoms with Crippen molar-refractivity contribution in [3.05, 3.63) is 247 Å². The molecule has 1 aliphatic heterocycles. The Balaban J connectivity index is 0.000000482. The quantitative estimate of drug-likeness (QED) is 0.0472. The number of nitrogens with zero attached hydrogens (tertiary/aromatic N) is 12. The number of carbonyl (C=O) groups excluding carboxylic acids is 4. The van der Waals surface area contributed by atoms with E-state index in [0.29, 0.717) is 75.9 Å². The number of amides is 4. The third kappa shape index (κ3) is 17.3. The molecule has 0 spiro atoms. The Hall–Kier alpha value is -13.5. The Morgan fingerprint density at radius 1 is 0.500 bits per heavy atom. The topological polar surface area (TPSA) is 383 Å². The van der Waals surface area contributed by atoms with Crippen molar-refractivity contribution in [3.8, 4) is 55.8 Å². The largest absolute Gasteiger partial charge is 0.495 e. The van der Waals surface area contributed by atoms with Crippen molar-refractivity contribution in [3.63, 3.8) is 0 Å². The molecule has 14 rings (SSSR count). The molecule has 0 unspecified atom stereocenters. The second kappa shape index (κ2) is 32.8. The number of aryl methyl sites for hydroxylation is 1. The van der Waals surface area contributed by atoms with Crippen LogP contribution in [-0.2, 0) is 4.74 Å². The Morgan fingerprint density at radius 2 is 0.990 bits per heavy atom. The fourth-order valence-electron chi connectivity index (χ4n) is 9.75. The fraction of sp³-hybridized carbons (Fsp3) is 0.0972. The monoisotopic (exact) mass is 1370 g/mol. The van der Waals surface area contributed by atoms with E-state index in [1.807, 2.05) is 109 Å². The number of nitrogens with two attached hydrogens (primary N) is 3. The number of aromatic nitrogens is 12. The average molecular weight is 1370 g/mol. The van der Waals surface area contributed by atoms with Gasteiger partial charge in [0.05, 0.1) is 109 Å². The van der Waals surface area contributed by atoms with E-state index in [0.717, 1.165) is 57.1 Å². The van der Waals surface area contributed by atoms with Crippen LogP contribution in [0.3, 0.4) is 0 Å². The van der Waals surface area contributed by atoms with Gasteiger partial charge in [0.2, 0.25) is 0 Å². The summed E-state index contributed by atoms with van der Waals surface area (Å²) in [4.78, 5) is 95.9. The Bertz CT molecular complexity index is 5000. The summed E-state index contributed by atoms with van der Waals surface area (Å²) in [5, 5.41) is 20.9. The number of ether oxygens (including phenoxy) is 3. The number of hydrogen-bond acceptors (Lipinski definition) is 23. The van der Waals surface area contributed by atoms with E-state index in [1.54, 1.807) is 105 Å². The van der Waals surface area contributed by atoms with Gasteiger partial charge in [0, 0.05) is 78.0 Å². The van der Waals surface area contributed by atoms with Crippen LogP contribution < -0.4 is 52.8 Å². The first kappa shape index (κ1) is 67.9. The first-order valence-corrected chi connectivity index (χ1v) is 31.7. The van der Waals surface area contributed by atoms with Gasteiger partial charge in [-0.3, -0.25) is 34.2 Å². The van der Waals surface area contributed by atoms with Crippen LogP contribution in [0.1, 0.15) is 60.5 Å². The highest BCUT2D eigenvalue weighted by Crippen LogP contribution is 2.30. The molecule has 9 heterocycles. The van der Waals surface area contributed by atoms with Crippen molar-refractivity contribution in [1.82, 2.24) is 60.0 Å². The molecule has 0 atom stereocenters. The van der Waals surface area contributed by atoms with Crippen LogP contribution in [0.15, 0.2) is 219 Å². The van der Waals surface area contributed by atoms with Gasteiger partial charge in [0.15, 0.2) is 34.5 Å². The number of benzene rings is 5. The number of hydrogen-bond donors (Lipinski definition) is 8. The average Bonchev–Trinajstić information content (AvgIpc) is 1.81. The van der Waals surface area contributed by atoms with Gasteiger partial charge >= 0.3 is 0 Å². The third-order valence-electron chi connectivity index (χ3n) is 14.9. The summed E-state index contributed by atoms with van der Waals surface area (Å²) in [6.45, 7) is 4.87. The molecule has 13 aromatic rings. The number of nitrogens with one attached hydrogen (secondary N) is 5. The number of methoxy groups -OCH3 is 2. The van der Waals surface area contributed by atoms with Crippen LogP contribution >= 0.6 is 11.3 Å². The minimum atomic E-state index is -0.462. The second-order valence-corrected chi connectivity index (χ2v) is 22.4. The minimum absolute atomic E-state index is 0. The molecule has 0 aliphatic carbocycles. The van der Waals surface area contributed by atoms with Crippen LogP contribution in [0, 0.1) is 6.92 Å². The molecule has 100 heavy (non-hydrogen) atoms. The predicted molar refractivity (Wildman–Crippen MR) is 404 cm³/mol. The normalized spacial score (nSPS) is 11.4. The molecule has 11 N–H and O–H groups in total. The maximum Gasteiger partial charge on any atom is 0.278 e. The highest BCUT2D eigenvalue weighted by molar-refractivity contribution is 7.13. The predicted octanol–water partition coefficient (Wildman–Crippen LogP) is 13.4. The van der Waals surface area contributed by atoms with Gasteiger partial charge in [-0.15, -0.1) is 11.3 Å². The molecule has 1 saturated heterocycles. The van der Waals surface area contributed by atoms with E-state index in [2.05, 4.69) is 86.2 Å². The highest BCUT2D eigenvalue weighted by Gasteiger charge is 2.21. The molecule has 4 amide bonds. The number of carbonyl (C=O) groups is 4. The van der Waals surface area contributed by atoms with E-state index in [4.69, 9.17) is 31.4 Å². The molecule has 0 bridgehead atoms. The number of aromatic amines is 1. The van der Waals surface area contributed by atoms with Gasteiger partial charge in [-0.05, 0) is 103 Å². The minimum Gasteiger partial charge on any atom is -0.495 e. The van der Waals surface area contributed by atoms with E-state index >= 15 is 0 Å². The SMILES string of the molecule is COc1ccccc1NC(=O)c1nc(-c2ccc3[nH]ncc3c2)cnc1N.COc1ccccc1NC(=O)c1nc(-c2cccs2)cnc1N.Cc1ncc(-c2ccc(N3CCOCC3)nc2)nc1C(=O)Nc1ccccc1.Nc1ncc(-c2ccncc2)nc1C(=O)Nc1ccccc1.[HH].[HH].[HH].[HH].[HH].[HH].[HH].[HH].[HH]. The van der Waals surface area contributed by atoms with Crippen LogP contribution in [0.5, 0.6) is 11.5 Å². The molecule has 28 heteroatoms. The zero-order valence-corrected chi connectivity index (χ0v) is 54.8. The molecule has 1 fully saturated rings. The van der Waals surface area contributed by atoms with Crippen molar-refractivity contribution < 1.29 is 46.2 Å². The third-order valence-corrected chi connectivity index (χ3v) is 15.7. The van der Waals surface area contributed by atoms with Crippen LogP contribution in [-0.4, -0.2) is 124 Å². The van der Waals surface area contributed by atoms with E-state index in [1.165, 1.54) is 38.0 Å². The van der Waals surface area contributed by atoms with E-state index in [9.17, 15) is 19.2 Å². The molecule has 518 valence electrons. The van der Waals surface area contributed by atoms with Crippen molar-refractivity contribution in [1.29, 1.82) is 0 Å². The van der Waals surface area contributed by atoms with Crippen LogP contribution in [0.4, 0.5) is 46.0 Å². The number of anilines is 8. The van der Waals surface area contributed by atoms with Crippen molar-refractivity contribution in [2.75, 3.05) is 83.9 Å². The Labute approximate surface area is 589 Å². The standard InChI is InChI=1S/C21H21N5O2.C19H16N6O2.C16H13N5O.C16H14N4O2S.9H2/c1-15-20(21(27)24-17-5-3-2-4-6-17)25-18(14-22-15)16-7-8-19(23-13-16)26-9-11-28-12-10-26;1-27-16-5-3-2-4-14(16)24-19(26)17-18(20)21-10-15(23-17)11-6-7-13-12(8-11)9-22-25-13;17-15-14(16(22)20-12-4-2-1-3-5-12)21-13(10-19-15)11-6-8-18-9-7-11;1-22-12-6-3-2-5-10(12)20-16(21)14-15(17)18-9-11(19-14)13-7-4-8-23-13;;;;;;;;;/h2-8,13-14H,9-12H2,1H3,(H,24,27);2-10H,1H3,(H2,20,21)(H,22,25)(H,24,26);1-10H,(H2,17,19)(H,20,22);2-9H,1H3,(H2,17,18)(H,20,21);9*1H. The summed E-state index contributed by atoms with van der Waals surface area (Å²) in [5.74, 6) is 0.658. The number of pyridine rings is 2. The number of fused-ring (bicyclic) bond motifs is 1. The number of para-hydroxylation sites is 6. The molecule has 8 aromatic heterocycles. The molecular weight excluding hydrogens is 1290 g/mol. The number of H-pyrrole nitrogens is 1. The molecule has 1 aliphatic rings. The molecule has 27 nitrogen and oxygen atoms in total. The van der Waals surface area contributed by atoms with Gasteiger partial charge in [0.1, 0.15) is 23.0 Å². The van der Waals surface area contributed by atoms with Gasteiger partial charge in [-0.25, -0.2) is 39.9 Å². The van der Waals surface area contributed by atoms with Crippen molar-refractivity contribution in [2.24, 2.45) is 0 Å². The smallest absolute Gasteiger partial charge is 0.278 e. The first-order chi connectivity index (χ1) is 48.8. The Morgan fingerprint density at radius 3 is 1.54 bits per heavy atom. The van der Waals surface area contributed by atoms with Crippen molar-refractivity contribution in [2.45, 2.75) is 6.92 Å².